The maximum atomic E-state index is 9.00. The number of guanidine groups is 2. The van der Waals surface area contributed by atoms with Crippen LogP contribution in [-0.2, 0) is 4.79 Å². The molecule has 0 atom stereocenters. The van der Waals surface area contributed by atoms with E-state index in [4.69, 9.17) is 19.9 Å². The highest BCUT2D eigenvalue weighted by molar-refractivity contribution is 6.00. The molecule has 0 saturated carbocycles. The Balaban J connectivity index is 0.000000960. The molecule has 29 heavy (non-hydrogen) atoms. The van der Waals surface area contributed by atoms with Crippen molar-refractivity contribution in [1.29, 1.82) is 0 Å². The summed E-state index contributed by atoms with van der Waals surface area (Å²) in [6.45, 7) is 10.7. The van der Waals surface area contributed by atoms with Gasteiger partial charge in [0.15, 0.2) is 5.96 Å². The van der Waals surface area contributed by atoms with Crippen LogP contribution >= 0.6 is 0 Å². The second-order valence-electron chi connectivity index (χ2n) is 8.52. The van der Waals surface area contributed by atoms with Gasteiger partial charge in [-0.25, -0.2) is 4.99 Å². The molecule has 168 valence electrons. The molecule has 0 radical (unpaired) electrons. The van der Waals surface area contributed by atoms with E-state index in [1.165, 1.54) is 70.6 Å². The molecule has 0 unspecified atom stereocenters. The fourth-order valence-corrected chi connectivity index (χ4v) is 3.52. The van der Waals surface area contributed by atoms with E-state index >= 15 is 0 Å². The first kappa shape index (κ1) is 25.2. The second kappa shape index (κ2) is 14.2. The van der Waals surface area contributed by atoms with Crippen LogP contribution in [0.2, 0.25) is 0 Å². The molecule has 7 heteroatoms. The zero-order valence-corrected chi connectivity index (χ0v) is 19.1. The molecule has 0 bridgehead atoms. The van der Waals surface area contributed by atoms with E-state index in [0.717, 1.165) is 38.5 Å². The van der Waals surface area contributed by atoms with E-state index in [9.17, 15) is 0 Å². The van der Waals surface area contributed by atoms with Crippen LogP contribution in [0.25, 0.3) is 0 Å². The van der Waals surface area contributed by atoms with Crippen LogP contribution in [0.15, 0.2) is 9.98 Å². The normalized spacial score (nSPS) is 19.5. The fourth-order valence-electron chi connectivity index (χ4n) is 3.52. The maximum absolute atomic E-state index is 9.00. The number of piperidine rings is 1. The summed E-state index contributed by atoms with van der Waals surface area (Å²) in [7, 11) is 0. The van der Waals surface area contributed by atoms with E-state index in [1.54, 1.807) is 0 Å². The Morgan fingerprint density at radius 3 is 2.21 bits per heavy atom. The standard InChI is InChI=1S/C20H39N5.C2H4O2/c1-4-5-6-7-8-9-10-12-15-21-18-22-19(24-20(2,3)23-18)25-16-13-11-14-17-25;1-2(3)4/h4-17H2,1-3H3,(H2,21,22,23,24);1H3,(H,3,4). The molecule has 0 aromatic heterocycles. The Hall–Kier alpha value is -1.79. The fraction of sp³-hybridized carbons (Fsp3) is 0.864. The Bertz CT molecular complexity index is 521. The van der Waals surface area contributed by atoms with Gasteiger partial charge in [0, 0.05) is 26.6 Å². The molecule has 2 heterocycles. The zero-order chi connectivity index (χ0) is 21.5. The van der Waals surface area contributed by atoms with Crippen molar-refractivity contribution in [3.8, 4) is 0 Å². The summed E-state index contributed by atoms with van der Waals surface area (Å²) < 4.78 is 0. The number of aliphatic imine (C=N–C) groups is 2. The summed E-state index contributed by atoms with van der Waals surface area (Å²) in [4.78, 5) is 21.0. The summed E-state index contributed by atoms with van der Waals surface area (Å²) in [5, 5.41) is 14.2. The molecule has 1 saturated heterocycles. The van der Waals surface area contributed by atoms with Crippen molar-refractivity contribution in [2.24, 2.45) is 9.98 Å². The van der Waals surface area contributed by atoms with E-state index in [2.05, 4.69) is 36.3 Å². The number of nitrogens with one attached hydrogen (secondary N) is 2. The van der Waals surface area contributed by atoms with Crippen LogP contribution in [-0.4, -0.2) is 53.2 Å². The van der Waals surface area contributed by atoms with E-state index in [-0.39, 0.29) is 5.66 Å². The van der Waals surface area contributed by atoms with Gasteiger partial charge < -0.3 is 15.3 Å². The topological polar surface area (TPSA) is 89.3 Å². The van der Waals surface area contributed by atoms with Crippen LogP contribution < -0.4 is 10.6 Å². The molecule has 0 amide bonds. The summed E-state index contributed by atoms with van der Waals surface area (Å²) in [6, 6.07) is 0. The molecule has 3 N–H and O–H groups in total. The highest BCUT2D eigenvalue weighted by atomic mass is 16.4. The summed E-state index contributed by atoms with van der Waals surface area (Å²) in [5.74, 6) is 1.06. The quantitative estimate of drug-likeness (QED) is 0.493. The summed E-state index contributed by atoms with van der Waals surface area (Å²) >= 11 is 0. The van der Waals surface area contributed by atoms with Crippen molar-refractivity contribution in [1.82, 2.24) is 15.5 Å². The van der Waals surface area contributed by atoms with Gasteiger partial charge in [-0.1, -0.05) is 51.9 Å². The van der Waals surface area contributed by atoms with Gasteiger partial charge in [-0.3, -0.25) is 15.1 Å². The zero-order valence-electron chi connectivity index (χ0n) is 19.1. The first-order chi connectivity index (χ1) is 13.8. The van der Waals surface area contributed by atoms with Gasteiger partial charge in [0.1, 0.15) is 5.66 Å². The van der Waals surface area contributed by atoms with Crippen LogP contribution in [0.1, 0.15) is 98.3 Å². The van der Waals surface area contributed by atoms with Crippen LogP contribution in [0.5, 0.6) is 0 Å². The third-order valence-electron chi connectivity index (χ3n) is 4.98. The molecular weight excluding hydrogens is 366 g/mol. The lowest BCUT2D eigenvalue weighted by Gasteiger charge is -2.37. The Kier molecular flexibility index (Phi) is 12.4. The van der Waals surface area contributed by atoms with E-state index < -0.39 is 5.97 Å². The predicted molar refractivity (Wildman–Crippen MR) is 121 cm³/mol. The highest BCUT2D eigenvalue weighted by Crippen LogP contribution is 2.14. The second-order valence-corrected chi connectivity index (χ2v) is 8.52. The largest absolute Gasteiger partial charge is 0.481 e. The van der Waals surface area contributed by atoms with Gasteiger partial charge in [0.2, 0.25) is 5.96 Å². The number of carbonyl (C=O) groups is 1. The van der Waals surface area contributed by atoms with Crippen molar-refractivity contribution >= 4 is 17.9 Å². The van der Waals surface area contributed by atoms with Gasteiger partial charge in [-0.05, 0) is 39.5 Å². The number of carboxylic acids is 1. The van der Waals surface area contributed by atoms with Crippen LogP contribution in [0, 0.1) is 0 Å². The average Bonchev–Trinajstić information content (AvgIpc) is 2.66. The number of hydrogen-bond acceptors (Lipinski definition) is 4. The third-order valence-corrected chi connectivity index (χ3v) is 4.98. The molecule has 0 spiro atoms. The lowest BCUT2D eigenvalue weighted by molar-refractivity contribution is -0.134. The Morgan fingerprint density at radius 1 is 1.07 bits per heavy atom. The third kappa shape index (κ3) is 12.4. The maximum Gasteiger partial charge on any atom is 0.300 e. The average molecular weight is 410 g/mol. The van der Waals surface area contributed by atoms with Crippen LogP contribution in [0.3, 0.4) is 0 Å². The number of likely N-dealkylation sites (tertiary alicyclic amines) is 1. The summed E-state index contributed by atoms with van der Waals surface area (Å²) in [6.07, 6.45) is 14.6. The minimum absolute atomic E-state index is 0.282. The number of aliphatic carboxylic acids is 1. The molecular formula is C22H43N5O2. The van der Waals surface area contributed by atoms with Crippen molar-refractivity contribution in [2.75, 3.05) is 19.6 Å². The lowest BCUT2D eigenvalue weighted by atomic mass is 10.1. The number of hydrogen-bond donors (Lipinski definition) is 3. The lowest BCUT2D eigenvalue weighted by Crippen LogP contribution is -2.60. The highest BCUT2D eigenvalue weighted by Gasteiger charge is 2.28. The summed E-state index contributed by atoms with van der Waals surface area (Å²) in [5.41, 5.74) is -0.282. The molecule has 7 nitrogen and oxygen atoms in total. The molecule has 0 aromatic rings. The number of carboxylic acid groups (broad SMARTS) is 1. The van der Waals surface area contributed by atoms with Gasteiger partial charge in [-0.15, -0.1) is 0 Å². The minimum Gasteiger partial charge on any atom is -0.481 e. The van der Waals surface area contributed by atoms with Gasteiger partial charge in [0.05, 0.1) is 0 Å². The first-order valence-corrected chi connectivity index (χ1v) is 11.5. The number of nitrogens with zero attached hydrogens (tertiary/aromatic N) is 3. The van der Waals surface area contributed by atoms with Gasteiger partial charge in [0.25, 0.3) is 5.97 Å². The van der Waals surface area contributed by atoms with Gasteiger partial charge in [-0.2, -0.15) is 0 Å². The molecule has 2 rings (SSSR count). The number of rotatable bonds is 9. The Labute approximate surface area is 177 Å². The minimum atomic E-state index is -0.833. The van der Waals surface area contributed by atoms with Crippen molar-refractivity contribution in [2.45, 2.75) is 104 Å². The molecule has 1 fully saturated rings. The number of unbranched alkanes of at least 4 members (excludes halogenated alkanes) is 7. The van der Waals surface area contributed by atoms with Crippen molar-refractivity contribution in [3.05, 3.63) is 0 Å². The van der Waals surface area contributed by atoms with Crippen LogP contribution in [0.4, 0.5) is 0 Å². The molecule has 0 aromatic carbocycles. The molecule has 2 aliphatic rings. The first-order valence-electron chi connectivity index (χ1n) is 11.5. The van der Waals surface area contributed by atoms with E-state index in [1.807, 2.05) is 0 Å². The smallest absolute Gasteiger partial charge is 0.300 e. The SMILES string of the molecule is CC(=O)O.CCCCCCCCCCN=C1NC(N2CCCCC2)=NC(C)(C)N1. The monoisotopic (exact) mass is 409 g/mol. The molecule has 2 aliphatic heterocycles. The van der Waals surface area contributed by atoms with Crippen molar-refractivity contribution < 1.29 is 9.90 Å². The molecule has 0 aliphatic carbocycles. The Morgan fingerprint density at radius 2 is 1.62 bits per heavy atom. The van der Waals surface area contributed by atoms with Gasteiger partial charge >= 0.3 is 0 Å². The van der Waals surface area contributed by atoms with Crippen molar-refractivity contribution in [3.63, 3.8) is 0 Å². The predicted octanol–water partition coefficient (Wildman–Crippen LogP) is 4.34. The van der Waals surface area contributed by atoms with E-state index in [0.29, 0.717) is 0 Å².